The highest BCUT2D eigenvalue weighted by Crippen LogP contribution is 2.16. The largest absolute Gasteiger partial charge is 0.489 e. The van der Waals surface area contributed by atoms with Crippen molar-refractivity contribution in [2.75, 3.05) is 0 Å². The zero-order valence-corrected chi connectivity index (χ0v) is 15.0. The van der Waals surface area contributed by atoms with Crippen LogP contribution >= 0.6 is 0 Å². The van der Waals surface area contributed by atoms with Crippen molar-refractivity contribution in [3.63, 3.8) is 0 Å². The third kappa shape index (κ3) is 5.20. The van der Waals surface area contributed by atoms with Crippen LogP contribution in [0.4, 0.5) is 0 Å². The topological polar surface area (TPSA) is 21.3 Å². The molecule has 0 atom stereocenters. The molecule has 0 unspecified atom stereocenters. The summed E-state index contributed by atoms with van der Waals surface area (Å²) >= 11 is 0. The molecule has 0 aliphatic carbocycles. The van der Waals surface area contributed by atoms with Crippen molar-refractivity contribution < 1.29 is 4.74 Å². The summed E-state index contributed by atoms with van der Waals surface area (Å²) in [5, 5.41) is 3.49. The molecule has 128 valence electrons. The second kappa shape index (κ2) is 8.50. The SMILES string of the molecule is Cc1ccc(CNCc2cccc(OCc3ccccc3C)c2)cc1. The summed E-state index contributed by atoms with van der Waals surface area (Å²) in [5.41, 5.74) is 6.32. The van der Waals surface area contributed by atoms with Gasteiger partial charge in [-0.15, -0.1) is 0 Å². The summed E-state index contributed by atoms with van der Waals surface area (Å²) in [6.45, 7) is 6.53. The number of benzene rings is 3. The summed E-state index contributed by atoms with van der Waals surface area (Å²) in [6.07, 6.45) is 0. The predicted molar refractivity (Wildman–Crippen MR) is 104 cm³/mol. The molecule has 3 aromatic rings. The van der Waals surface area contributed by atoms with Crippen LogP contribution in [0.15, 0.2) is 72.8 Å². The molecule has 3 rings (SSSR count). The van der Waals surface area contributed by atoms with E-state index >= 15 is 0 Å². The normalized spacial score (nSPS) is 10.6. The molecular weight excluding hydrogens is 306 g/mol. The molecule has 0 amide bonds. The van der Waals surface area contributed by atoms with E-state index in [-0.39, 0.29) is 0 Å². The van der Waals surface area contributed by atoms with Crippen molar-refractivity contribution in [2.24, 2.45) is 0 Å². The molecular formula is C23H25NO. The van der Waals surface area contributed by atoms with Crippen LogP contribution in [0.5, 0.6) is 5.75 Å². The minimum atomic E-state index is 0.604. The fraction of sp³-hybridized carbons (Fsp3) is 0.217. The maximum atomic E-state index is 5.96. The van der Waals surface area contributed by atoms with Crippen molar-refractivity contribution in [3.05, 3.63) is 101 Å². The lowest BCUT2D eigenvalue weighted by Crippen LogP contribution is -2.12. The number of hydrogen-bond donors (Lipinski definition) is 1. The van der Waals surface area contributed by atoms with E-state index in [1.54, 1.807) is 0 Å². The molecule has 0 fully saturated rings. The van der Waals surface area contributed by atoms with Crippen LogP contribution < -0.4 is 10.1 Å². The first-order valence-corrected chi connectivity index (χ1v) is 8.73. The first kappa shape index (κ1) is 17.2. The Hall–Kier alpha value is -2.58. The minimum Gasteiger partial charge on any atom is -0.489 e. The van der Waals surface area contributed by atoms with Crippen molar-refractivity contribution in [3.8, 4) is 5.75 Å². The Morgan fingerprint density at radius 2 is 1.52 bits per heavy atom. The predicted octanol–water partition coefficient (Wildman–Crippen LogP) is 5.17. The van der Waals surface area contributed by atoms with Gasteiger partial charge in [0.25, 0.3) is 0 Å². The van der Waals surface area contributed by atoms with Crippen LogP contribution in [0.25, 0.3) is 0 Å². The summed E-state index contributed by atoms with van der Waals surface area (Å²) in [6, 6.07) is 25.3. The molecule has 0 aromatic heterocycles. The van der Waals surface area contributed by atoms with Gasteiger partial charge in [0.15, 0.2) is 0 Å². The highest BCUT2D eigenvalue weighted by Gasteiger charge is 2.01. The highest BCUT2D eigenvalue weighted by atomic mass is 16.5. The smallest absolute Gasteiger partial charge is 0.120 e. The molecule has 2 heteroatoms. The molecule has 0 radical (unpaired) electrons. The molecule has 2 nitrogen and oxygen atoms in total. The van der Waals surface area contributed by atoms with Gasteiger partial charge >= 0.3 is 0 Å². The van der Waals surface area contributed by atoms with Gasteiger partial charge in [0.2, 0.25) is 0 Å². The van der Waals surface area contributed by atoms with Crippen LogP contribution in [-0.4, -0.2) is 0 Å². The number of aryl methyl sites for hydroxylation is 2. The molecule has 0 heterocycles. The number of rotatable bonds is 7. The Bertz CT molecular complexity index is 808. The van der Waals surface area contributed by atoms with Gasteiger partial charge in [0.05, 0.1) is 0 Å². The molecule has 0 spiro atoms. The van der Waals surface area contributed by atoms with Crippen LogP contribution in [0.3, 0.4) is 0 Å². The van der Waals surface area contributed by atoms with E-state index in [0.717, 1.165) is 18.8 Å². The Kier molecular flexibility index (Phi) is 5.86. The monoisotopic (exact) mass is 331 g/mol. The Morgan fingerprint density at radius 3 is 2.32 bits per heavy atom. The van der Waals surface area contributed by atoms with Gasteiger partial charge in [-0.3, -0.25) is 0 Å². The lowest BCUT2D eigenvalue weighted by molar-refractivity contribution is 0.305. The van der Waals surface area contributed by atoms with Crippen molar-refractivity contribution in [2.45, 2.75) is 33.5 Å². The van der Waals surface area contributed by atoms with Crippen molar-refractivity contribution in [1.29, 1.82) is 0 Å². The van der Waals surface area contributed by atoms with Gasteiger partial charge in [0.1, 0.15) is 12.4 Å². The molecule has 0 saturated heterocycles. The van der Waals surface area contributed by atoms with Gasteiger partial charge < -0.3 is 10.1 Å². The van der Waals surface area contributed by atoms with E-state index in [2.05, 4.69) is 85.9 Å². The van der Waals surface area contributed by atoms with E-state index in [1.807, 2.05) is 6.07 Å². The standard InChI is InChI=1S/C23H25NO/c1-18-10-12-20(13-11-18)15-24-16-21-7-5-9-23(14-21)25-17-22-8-4-3-6-19(22)2/h3-14,24H,15-17H2,1-2H3. The second-order valence-electron chi connectivity index (χ2n) is 6.45. The zero-order valence-electron chi connectivity index (χ0n) is 15.0. The maximum Gasteiger partial charge on any atom is 0.120 e. The van der Waals surface area contributed by atoms with Crippen molar-refractivity contribution >= 4 is 0 Å². The Morgan fingerprint density at radius 1 is 0.760 bits per heavy atom. The lowest BCUT2D eigenvalue weighted by atomic mass is 10.1. The number of ether oxygens (including phenoxy) is 1. The van der Waals surface area contributed by atoms with E-state index < -0.39 is 0 Å². The molecule has 0 aliphatic rings. The van der Waals surface area contributed by atoms with Gasteiger partial charge in [0, 0.05) is 13.1 Å². The fourth-order valence-electron chi connectivity index (χ4n) is 2.74. The first-order chi connectivity index (χ1) is 12.2. The van der Waals surface area contributed by atoms with Crippen molar-refractivity contribution in [1.82, 2.24) is 5.32 Å². The van der Waals surface area contributed by atoms with E-state index in [1.165, 1.54) is 27.8 Å². The molecule has 0 aliphatic heterocycles. The molecule has 3 aromatic carbocycles. The summed E-state index contributed by atoms with van der Waals surface area (Å²) < 4.78 is 5.96. The van der Waals surface area contributed by atoms with Gasteiger partial charge in [-0.25, -0.2) is 0 Å². The zero-order chi connectivity index (χ0) is 17.5. The highest BCUT2D eigenvalue weighted by molar-refractivity contribution is 5.30. The lowest BCUT2D eigenvalue weighted by Gasteiger charge is -2.10. The van der Waals surface area contributed by atoms with Crippen LogP contribution in [0, 0.1) is 13.8 Å². The first-order valence-electron chi connectivity index (χ1n) is 8.73. The third-order valence-corrected chi connectivity index (χ3v) is 4.33. The average Bonchev–Trinajstić information content (AvgIpc) is 2.63. The van der Waals surface area contributed by atoms with E-state index in [4.69, 9.17) is 4.74 Å². The average molecular weight is 331 g/mol. The van der Waals surface area contributed by atoms with E-state index in [0.29, 0.717) is 6.61 Å². The maximum absolute atomic E-state index is 5.96. The summed E-state index contributed by atoms with van der Waals surface area (Å²) in [7, 11) is 0. The summed E-state index contributed by atoms with van der Waals surface area (Å²) in [4.78, 5) is 0. The van der Waals surface area contributed by atoms with Crippen LogP contribution in [0.2, 0.25) is 0 Å². The van der Waals surface area contributed by atoms with Gasteiger partial charge in [-0.1, -0.05) is 66.2 Å². The second-order valence-corrected chi connectivity index (χ2v) is 6.45. The van der Waals surface area contributed by atoms with Gasteiger partial charge in [-0.2, -0.15) is 0 Å². The molecule has 0 bridgehead atoms. The Balaban J connectivity index is 1.52. The molecule has 25 heavy (non-hydrogen) atoms. The molecule has 0 saturated carbocycles. The Labute approximate surface area is 150 Å². The third-order valence-electron chi connectivity index (χ3n) is 4.33. The summed E-state index contributed by atoms with van der Waals surface area (Å²) in [5.74, 6) is 0.915. The quantitative estimate of drug-likeness (QED) is 0.645. The van der Waals surface area contributed by atoms with Crippen LogP contribution in [0.1, 0.15) is 27.8 Å². The number of nitrogens with one attached hydrogen (secondary N) is 1. The van der Waals surface area contributed by atoms with Gasteiger partial charge in [-0.05, 0) is 48.2 Å². The fourth-order valence-corrected chi connectivity index (χ4v) is 2.74. The molecule has 1 N–H and O–H groups in total. The van der Waals surface area contributed by atoms with Crippen LogP contribution in [-0.2, 0) is 19.7 Å². The van der Waals surface area contributed by atoms with E-state index in [9.17, 15) is 0 Å². The minimum absolute atomic E-state index is 0.604. The number of hydrogen-bond acceptors (Lipinski definition) is 2.